The summed E-state index contributed by atoms with van der Waals surface area (Å²) in [6.07, 6.45) is -2.44. The molecule has 0 bridgehead atoms. The molecule has 9 heteroatoms. The number of nitro groups is 1. The van der Waals surface area contributed by atoms with E-state index in [1.54, 1.807) is 0 Å². The number of halogens is 2. The van der Waals surface area contributed by atoms with E-state index in [4.69, 9.17) is 5.73 Å². The molecule has 0 aromatic carbocycles. The van der Waals surface area contributed by atoms with E-state index in [0.29, 0.717) is 0 Å². The number of nitrogen functional groups attached to an aromatic ring is 1. The third kappa shape index (κ3) is 2.27. The van der Waals surface area contributed by atoms with Gasteiger partial charge >= 0.3 is 11.7 Å². The molecule has 0 fully saturated rings. The Morgan fingerprint density at radius 3 is 2.65 bits per heavy atom. The lowest BCUT2D eigenvalue weighted by molar-refractivity contribution is -0.385. The van der Waals surface area contributed by atoms with Crippen molar-refractivity contribution >= 4 is 17.3 Å². The Balaban J connectivity index is 3.49. The van der Waals surface area contributed by atoms with Gasteiger partial charge < -0.3 is 10.5 Å². The summed E-state index contributed by atoms with van der Waals surface area (Å²) < 4.78 is 29.2. The minimum Gasteiger partial charge on any atom is -0.465 e. The van der Waals surface area contributed by atoms with Gasteiger partial charge in [0.25, 0.3) is 6.43 Å². The fraction of sp³-hybridized carbons (Fsp3) is 0.250. The average molecular weight is 247 g/mol. The molecule has 0 spiro atoms. The standard InChI is InChI=1S/C8H7F2N3O4/c1-17-8(14)3-2-12-5(7(9)10)6(4(3)11)13(15)16/h2,7H,1H3,(H2,11,12). The zero-order valence-corrected chi connectivity index (χ0v) is 8.52. The first kappa shape index (κ1) is 12.7. The minimum atomic E-state index is -3.16. The molecule has 1 rings (SSSR count). The van der Waals surface area contributed by atoms with Crippen LogP contribution in [0.4, 0.5) is 20.2 Å². The van der Waals surface area contributed by atoms with E-state index >= 15 is 0 Å². The third-order valence-electron chi connectivity index (χ3n) is 1.92. The van der Waals surface area contributed by atoms with Crippen molar-refractivity contribution in [2.45, 2.75) is 6.43 Å². The summed E-state index contributed by atoms with van der Waals surface area (Å²) in [6.45, 7) is 0. The Kier molecular flexibility index (Phi) is 3.51. The molecule has 0 radical (unpaired) electrons. The highest BCUT2D eigenvalue weighted by atomic mass is 19.3. The van der Waals surface area contributed by atoms with E-state index in [0.717, 1.165) is 13.3 Å². The Morgan fingerprint density at radius 2 is 2.24 bits per heavy atom. The number of rotatable bonds is 3. The topological polar surface area (TPSA) is 108 Å². The molecule has 2 N–H and O–H groups in total. The molecule has 0 aliphatic carbocycles. The highest BCUT2D eigenvalue weighted by Gasteiger charge is 2.30. The largest absolute Gasteiger partial charge is 0.465 e. The summed E-state index contributed by atoms with van der Waals surface area (Å²) in [5.74, 6) is -0.987. The molecule has 1 aromatic rings. The van der Waals surface area contributed by atoms with Gasteiger partial charge in [-0.15, -0.1) is 0 Å². The van der Waals surface area contributed by atoms with Crippen LogP contribution >= 0.6 is 0 Å². The van der Waals surface area contributed by atoms with E-state index in [9.17, 15) is 23.7 Å². The number of carbonyl (C=O) groups excluding carboxylic acids is 1. The number of alkyl halides is 2. The van der Waals surface area contributed by atoms with Gasteiger partial charge in [-0.3, -0.25) is 10.1 Å². The number of methoxy groups -OCH3 is 1. The van der Waals surface area contributed by atoms with Crippen LogP contribution in [0.15, 0.2) is 6.20 Å². The highest BCUT2D eigenvalue weighted by molar-refractivity contribution is 5.97. The van der Waals surface area contributed by atoms with Crippen molar-refractivity contribution in [2.75, 3.05) is 12.8 Å². The van der Waals surface area contributed by atoms with Crippen LogP contribution in [0.25, 0.3) is 0 Å². The van der Waals surface area contributed by atoms with Crippen molar-refractivity contribution in [3.05, 3.63) is 27.6 Å². The first-order valence-electron chi connectivity index (χ1n) is 4.19. The highest BCUT2D eigenvalue weighted by Crippen LogP contribution is 2.33. The molecule has 0 saturated heterocycles. The third-order valence-corrected chi connectivity index (χ3v) is 1.92. The maximum Gasteiger partial charge on any atom is 0.341 e. The molecule has 0 unspecified atom stereocenters. The average Bonchev–Trinajstić information content (AvgIpc) is 2.26. The number of hydrogen-bond acceptors (Lipinski definition) is 6. The van der Waals surface area contributed by atoms with E-state index in [1.807, 2.05) is 0 Å². The predicted octanol–water partition coefficient (Wildman–Crippen LogP) is 1.30. The number of hydrogen-bond donors (Lipinski definition) is 1. The number of nitrogens with zero attached hydrogens (tertiary/aromatic N) is 2. The van der Waals surface area contributed by atoms with Gasteiger partial charge in [-0.25, -0.2) is 18.6 Å². The molecular weight excluding hydrogens is 240 g/mol. The van der Waals surface area contributed by atoms with Gasteiger partial charge in [-0.2, -0.15) is 0 Å². The summed E-state index contributed by atoms with van der Waals surface area (Å²) in [4.78, 5) is 23.8. The first-order chi connectivity index (χ1) is 7.90. The number of anilines is 1. The van der Waals surface area contributed by atoms with Crippen molar-refractivity contribution in [1.82, 2.24) is 4.98 Å². The molecule has 7 nitrogen and oxygen atoms in total. The Hall–Kier alpha value is -2.32. The van der Waals surface area contributed by atoms with Gasteiger partial charge in [0.05, 0.1) is 12.0 Å². The van der Waals surface area contributed by atoms with E-state index in [-0.39, 0.29) is 0 Å². The van der Waals surface area contributed by atoms with Crippen LogP contribution < -0.4 is 5.73 Å². The Bertz CT molecular complexity index is 478. The second kappa shape index (κ2) is 4.68. The van der Waals surface area contributed by atoms with Crippen molar-refractivity contribution in [2.24, 2.45) is 0 Å². The molecule has 0 saturated carbocycles. The molecular formula is C8H7F2N3O4. The predicted molar refractivity (Wildman–Crippen MR) is 51.6 cm³/mol. The smallest absolute Gasteiger partial charge is 0.341 e. The van der Waals surface area contributed by atoms with Crippen molar-refractivity contribution in [1.29, 1.82) is 0 Å². The summed E-state index contributed by atoms with van der Waals surface area (Å²) in [7, 11) is 1.02. The molecule has 0 atom stereocenters. The van der Waals surface area contributed by atoms with Crippen LogP contribution in [-0.2, 0) is 4.74 Å². The van der Waals surface area contributed by atoms with E-state index in [2.05, 4.69) is 9.72 Å². The lowest BCUT2D eigenvalue weighted by atomic mass is 10.1. The maximum atomic E-state index is 12.4. The first-order valence-corrected chi connectivity index (χ1v) is 4.19. The monoisotopic (exact) mass is 247 g/mol. The molecule has 17 heavy (non-hydrogen) atoms. The maximum absolute atomic E-state index is 12.4. The quantitative estimate of drug-likeness (QED) is 0.489. The number of nitrogens with two attached hydrogens (primary N) is 1. The van der Waals surface area contributed by atoms with Gasteiger partial charge in [0.2, 0.25) is 0 Å². The molecule has 1 heterocycles. The van der Waals surface area contributed by atoms with Gasteiger partial charge in [0.1, 0.15) is 11.3 Å². The normalized spacial score (nSPS) is 10.4. The zero-order valence-electron chi connectivity index (χ0n) is 8.52. The van der Waals surface area contributed by atoms with Crippen molar-refractivity contribution in [3.63, 3.8) is 0 Å². The van der Waals surface area contributed by atoms with Crippen molar-refractivity contribution < 1.29 is 23.2 Å². The molecule has 0 aliphatic heterocycles. The van der Waals surface area contributed by atoms with Gasteiger partial charge in [0.15, 0.2) is 5.69 Å². The van der Waals surface area contributed by atoms with Crippen molar-refractivity contribution in [3.8, 4) is 0 Å². The molecule has 1 aromatic heterocycles. The number of pyridine rings is 1. The number of esters is 1. The van der Waals surface area contributed by atoms with Gasteiger partial charge in [-0.05, 0) is 0 Å². The van der Waals surface area contributed by atoms with E-state index in [1.165, 1.54) is 0 Å². The minimum absolute atomic E-state index is 0.427. The Labute approximate surface area is 93.3 Å². The Morgan fingerprint density at radius 1 is 1.65 bits per heavy atom. The second-order valence-corrected chi connectivity index (χ2v) is 2.87. The molecule has 0 amide bonds. The van der Waals surface area contributed by atoms with Gasteiger partial charge in [0, 0.05) is 6.20 Å². The van der Waals surface area contributed by atoms with E-state index < -0.39 is 40.0 Å². The fourth-order valence-corrected chi connectivity index (χ4v) is 1.15. The summed E-state index contributed by atoms with van der Waals surface area (Å²) in [5, 5.41) is 10.6. The lowest BCUT2D eigenvalue weighted by Crippen LogP contribution is -2.11. The second-order valence-electron chi connectivity index (χ2n) is 2.87. The molecule has 0 aliphatic rings. The van der Waals surface area contributed by atoms with Crippen LogP contribution in [0.1, 0.15) is 22.5 Å². The summed E-state index contributed by atoms with van der Waals surface area (Å²) in [6, 6.07) is 0. The SMILES string of the molecule is COC(=O)c1cnc(C(F)F)c([N+](=O)[O-])c1N. The van der Waals surface area contributed by atoms with Crippen LogP contribution in [0, 0.1) is 10.1 Å². The van der Waals surface area contributed by atoms with Gasteiger partial charge in [-0.1, -0.05) is 0 Å². The van der Waals surface area contributed by atoms with Crippen LogP contribution in [0.3, 0.4) is 0 Å². The summed E-state index contributed by atoms with van der Waals surface area (Å²) >= 11 is 0. The lowest BCUT2D eigenvalue weighted by Gasteiger charge is -2.07. The number of aromatic nitrogens is 1. The molecule has 92 valence electrons. The zero-order chi connectivity index (χ0) is 13.2. The fourth-order valence-electron chi connectivity index (χ4n) is 1.15. The van der Waals surface area contributed by atoms with Crippen LogP contribution in [-0.4, -0.2) is 23.0 Å². The van der Waals surface area contributed by atoms with Crippen LogP contribution in [0.2, 0.25) is 0 Å². The summed E-state index contributed by atoms with van der Waals surface area (Å²) in [5.41, 5.74) is 2.00. The van der Waals surface area contributed by atoms with Crippen LogP contribution in [0.5, 0.6) is 0 Å². The number of carbonyl (C=O) groups is 1. The number of ether oxygens (including phenoxy) is 1.